The second-order valence-electron chi connectivity index (χ2n) is 8.65. The zero-order valence-corrected chi connectivity index (χ0v) is 21.1. The summed E-state index contributed by atoms with van der Waals surface area (Å²) in [4.78, 5) is 12.5. The maximum atomic E-state index is 12.5. The lowest BCUT2D eigenvalue weighted by Gasteiger charge is -2.19. The molecule has 1 unspecified atom stereocenters. The van der Waals surface area contributed by atoms with Gasteiger partial charge in [-0.2, -0.15) is 0 Å². The number of rotatable bonds is 7. The van der Waals surface area contributed by atoms with E-state index in [0.29, 0.717) is 17.9 Å². The van der Waals surface area contributed by atoms with E-state index in [1.807, 2.05) is 66.7 Å². The highest BCUT2D eigenvalue weighted by Gasteiger charge is 2.20. The van der Waals surface area contributed by atoms with Crippen LogP contribution in [-0.2, 0) is 0 Å². The van der Waals surface area contributed by atoms with Gasteiger partial charge in [0.15, 0.2) is 16.6 Å². The van der Waals surface area contributed by atoms with E-state index in [2.05, 4.69) is 22.5 Å². The molecule has 3 aromatic carbocycles. The van der Waals surface area contributed by atoms with E-state index in [1.54, 1.807) is 19.2 Å². The summed E-state index contributed by atoms with van der Waals surface area (Å²) in [7, 11) is 1.65. The third-order valence-corrected chi connectivity index (χ3v) is 6.33. The molecular formula is C30H30N2O3S. The maximum Gasteiger partial charge on any atom is 0.257 e. The number of amides is 1. The van der Waals surface area contributed by atoms with Crippen LogP contribution in [0.3, 0.4) is 0 Å². The van der Waals surface area contributed by atoms with Gasteiger partial charge < -0.3 is 14.8 Å². The zero-order chi connectivity index (χ0) is 25.2. The predicted molar refractivity (Wildman–Crippen MR) is 146 cm³/mol. The van der Waals surface area contributed by atoms with Crippen LogP contribution < -0.4 is 20.1 Å². The fourth-order valence-corrected chi connectivity index (χ4v) is 4.31. The molecule has 184 valence electrons. The van der Waals surface area contributed by atoms with E-state index in [0.717, 1.165) is 29.7 Å². The molecule has 0 radical (unpaired) electrons. The summed E-state index contributed by atoms with van der Waals surface area (Å²) < 4.78 is 11.9. The molecule has 0 aromatic heterocycles. The van der Waals surface area contributed by atoms with E-state index in [-0.39, 0.29) is 23.0 Å². The van der Waals surface area contributed by atoms with Gasteiger partial charge in [-0.1, -0.05) is 54.3 Å². The van der Waals surface area contributed by atoms with Crippen LogP contribution in [-0.4, -0.2) is 30.8 Å². The van der Waals surface area contributed by atoms with E-state index >= 15 is 0 Å². The first kappa shape index (κ1) is 25.3. The number of benzene rings is 3. The van der Waals surface area contributed by atoms with E-state index < -0.39 is 0 Å². The predicted octanol–water partition coefficient (Wildman–Crippen LogP) is 5.46. The van der Waals surface area contributed by atoms with Crippen molar-refractivity contribution in [3.8, 4) is 23.3 Å². The number of hydrogen-bond donors (Lipinski definition) is 2. The molecule has 1 aliphatic carbocycles. The normalized spacial score (nSPS) is 13.7. The van der Waals surface area contributed by atoms with Crippen LogP contribution in [0.4, 0.5) is 0 Å². The SMILES string of the molecule is COc1ccc(C(C#Cc2ccccc2)CNC(=S)NC(=O)c2ccccc2)cc1OC1CCCC1. The summed E-state index contributed by atoms with van der Waals surface area (Å²) >= 11 is 5.40. The molecule has 2 N–H and O–H groups in total. The summed E-state index contributed by atoms with van der Waals surface area (Å²) in [6.07, 6.45) is 4.70. The van der Waals surface area contributed by atoms with Gasteiger partial charge in [-0.15, -0.1) is 0 Å². The Labute approximate surface area is 218 Å². The average Bonchev–Trinajstić information content (AvgIpc) is 3.43. The Morgan fingerprint density at radius 2 is 1.69 bits per heavy atom. The summed E-state index contributed by atoms with van der Waals surface area (Å²) in [6, 6.07) is 24.8. The van der Waals surface area contributed by atoms with Crippen LogP contribution >= 0.6 is 12.2 Å². The number of ether oxygens (including phenoxy) is 2. The summed E-state index contributed by atoms with van der Waals surface area (Å²) in [5.74, 6) is 7.62. The summed E-state index contributed by atoms with van der Waals surface area (Å²) in [5.41, 5.74) is 2.46. The van der Waals surface area contributed by atoms with Crippen LogP contribution in [0, 0.1) is 11.8 Å². The van der Waals surface area contributed by atoms with Crippen LogP contribution in [0.1, 0.15) is 53.1 Å². The Morgan fingerprint density at radius 1 is 1.00 bits per heavy atom. The minimum absolute atomic E-state index is 0.200. The molecule has 3 aromatic rings. The number of methoxy groups -OCH3 is 1. The second-order valence-corrected chi connectivity index (χ2v) is 9.06. The van der Waals surface area contributed by atoms with Gasteiger partial charge in [0.1, 0.15) is 0 Å². The van der Waals surface area contributed by atoms with Crippen molar-refractivity contribution >= 4 is 23.2 Å². The van der Waals surface area contributed by atoms with E-state index in [4.69, 9.17) is 21.7 Å². The van der Waals surface area contributed by atoms with Crippen molar-refractivity contribution < 1.29 is 14.3 Å². The lowest BCUT2D eigenvalue weighted by Crippen LogP contribution is -2.40. The van der Waals surface area contributed by atoms with Crippen molar-refractivity contribution in [1.82, 2.24) is 10.6 Å². The van der Waals surface area contributed by atoms with Gasteiger partial charge in [0.2, 0.25) is 0 Å². The molecule has 36 heavy (non-hydrogen) atoms. The van der Waals surface area contributed by atoms with Gasteiger partial charge in [0.25, 0.3) is 5.91 Å². The van der Waals surface area contributed by atoms with Gasteiger partial charge in [0.05, 0.1) is 19.1 Å². The second kappa shape index (κ2) is 12.8. The number of thiocarbonyl (C=S) groups is 1. The topological polar surface area (TPSA) is 59.6 Å². The van der Waals surface area contributed by atoms with Crippen molar-refractivity contribution in [3.05, 3.63) is 95.6 Å². The van der Waals surface area contributed by atoms with E-state index in [9.17, 15) is 4.79 Å². The highest BCUT2D eigenvalue weighted by molar-refractivity contribution is 7.80. The quantitative estimate of drug-likeness (QED) is 0.335. The minimum atomic E-state index is -0.253. The highest BCUT2D eigenvalue weighted by Crippen LogP contribution is 2.34. The Morgan fingerprint density at radius 3 is 2.39 bits per heavy atom. The molecule has 1 atom stereocenters. The fraction of sp³-hybridized carbons (Fsp3) is 0.267. The van der Waals surface area contributed by atoms with Crippen molar-refractivity contribution in [2.75, 3.05) is 13.7 Å². The molecule has 4 rings (SSSR count). The Hall–Kier alpha value is -3.82. The summed E-state index contributed by atoms with van der Waals surface area (Å²) in [6.45, 7) is 0.420. The smallest absolute Gasteiger partial charge is 0.257 e. The molecule has 5 nitrogen and oxygen atoms in total. The number of carbonyl (C=O) groups excluding carboxylic acids is 1. The first-order valence-corrected chi connectivity index (χ1v) is 12.6. The molecule has 0 aliphatic heterocycles. The van der Waals surface area contributed by atoms with Crippen LogP contribution in [0.25, 0.3) is 0 Å². The van der Waals surface area contributed by atoms with Crippen molar-refractivity contribution in [2.24, 2.45) is 0 Å². The Balaban J connectivity index is 1.52. The van der Waals surface area contributed by atoms with Gasteiger partial charge in [0, 0.05) is 17.7 Å². The Kier molecular flexibility index (Phi) is 8.96. The third-order valence-electron chi connectivity index (χ3n) is 6.08. The Bertz CT molecular complexity index is 1230. The number of hydrogen-bond acceptors (Lipinski definition) is 4. The minimum Gasteiger partial charge on any atom is -0.493 e. The van der Waals surface area contributed by atoms with Gasteiger partial charge >= 0.3 is 0 Å². The average molecular weight is 499 g/mol. The maximum absolute atomic E-state index is 12.5. The molecule has 0 heterocycles. The van der Waals surface area contributed by atoms with Crippen LogP contribution in [0.2, 0.25) is 0 Å². The van der Waals surface area contributed by atoms with Gasteiger partial charge in [-0.3, -0.25) is 10.1 Å². The molecule has 1 aliphatic rings. The van der Waals surface area contributed by atoms with Crippen molar-refractivity contribution in [3.63, 3.8) is 0 Å². The van der Waals surface area contributed by atoms with Crippen LogP contribution in [0.15, 0.2) is 78.9 Å². The molecular weight excluding hydrogens is 468 g/mol. The number of carbonyl (C=O) groups is 1. The van der Waals surface area contributed by atoms with Gasteiger partial charge in [-0.25, -0.2) is 0 Å². The summed E-state index contributed by atoms with van der Waals surface area (Å²) in [5, 5.41) is 6.16. The molecule has 6 heteroatoms. The first-order valence-electron chi connectivity index (χ1n) is 12.2. The van der Waals surface area contributed by atoms with Crippen molar-refractivity contribution in [2.45, 2.75) is 37.7 Å². The van der Waals surface area contributed by atoms with Gasteiger partial charge in [-0.05, 0) is 79.9 Å². The molecule has 0 spiro atoms. The first-order chi connectivity index (χ1) is 17.6. The van der Waals surface area contributed by atoms with Crippen LogP contribution in [0.5, 0.6) is 11.5 Å². The monoisotopic (exact) mass is 498 g/mol. The molecule has 0 saturated heterocycles. The molecule has 0 bridgehead atoms. The standard InChI is InChI=1S/C30H30N2O3S/c1-34-27-19-18-24(20-28(27)35-26-14-8-9-15-26)25(17-16-22-10-4-2-5-11-22)21-31-30(36)32-29(33)23-12-6-3-7-13-23/h2-7,10-13,18-20,25-26H,8-9,14-15,21H2,1H3,(H2,31,32,33,36). The lowest BCUT2D eigenvalue weighted by molar-refractivity contribution is 0.0976. The highest BCUT2D eigenvalue weighted by atomic mass is 32.1. The third kappa shape index (κ3) is 7.10. The zero-order valence-electron chi connectivity index (χ0n) is 20.3. The molecule has 1 amide bonds. The fourth-order valence-electron chi connectivity index (χ4n) is 4.14. The van der Waals surface area contributed by atoms with E-state index in [1.165, 1.54) is 12.8 Å². The molecule has 1 fully saturated rings. The van der Waals surface area contributed by atoms with Crippen molar-refractivity contribution in [1.29, 1.82) is 0 Å². The largest absolute Gasteiger partial charge is 0.493 e. The number of nitrogens with one attached hydrogen (secondary N) is 2. The molecule has 1 saturated carbocycles. The lowest BCUT2D eigenvalue weighted by atomic mass is 9.98.